The van der Waals surface area contributed by atoms with Gasteiger partial charge in [-0.15, -0.1) is 0 Å². The van der Waals surface area contributed by atoms with Crippen LogP contribution in [0.5, 0.6) is 0 Å². The van der Waals surface area contributed by atoms with Gasteiger partial charge in [0.1, 0.15) is 25.5 Å². The lowest BCUT2D eigenvalue weighted by Gasteiger charge is -2.00. The van der Waals surface area contributed by atoms with Crippen LogP contribution in [0.25, 0.3) is 0 Å². The number of hydrogen-bond donors (Lipinski definition) is 1. The van der Waals surface area contributed by atoms with Gasteiger partial charge in [0.15, 0.2) is 0 Å². The smallest absolute Gasteiger partial charge is 0.253 e. The topological polar surface area (TPSA) is 29.0 Å². The molecule has 4 heteroatoms. The van der Waals surface area contributed by atoms with Gasteiger partial charge in [-0.25, -0.2) is 9.13 Å². The highest BCUT2D eigenvalue weighted by atomic mass is 79.9. The van der Waals surface area contributed by atoms with E-state index in [2.05, 4.69) is 46.5 Å². The third-order valence-electron chi connectivity index (χ3n) is 2.79. The molecule has 0 spiro atoms. The van der Waals surface area contributed by atoms with Gasteiger partial charge in [-0.3, -0.25) is 0 Å². The van der Waals surface area contributed by atoms with Crippen molar-refractivity contribution in [2.75, 3.05) is 6.61 Å². The SMILES string of the molecule is Cc1n(CCO)cc[n+]1Cc1ccccc1.[Br-]. The maximum absolute atomic E-state index is 8.91. The third kappa shape index (κ3) is 3.41. The molecule has 0 bridgehead atoms. The lowest BCUT2D eigenvalue weighted by molar-refractivity contribution is -0.694. The summed E-state index contributed by atoms with van der Waals surface area (Å²) in [5.74, 6) is 1.16. The minimum Gasteiger partial charge on any atom is -1.00 e. The number of rotatable bonds is 4. The van der Waals surface area contributed by atoms with Gasteiger partial charge in [0, 0.05) is 6.92 Å². The van der Waals surface area contributed by atoms with Gasteiger partial charge in [-0.05, 0) is 5.56 Å². The molecule has 1 heterocycles. The monoisotopic (exact) mass is 296 g/mol. The molecule has 0 radical (unpaired) electrons. The Bertz CT molecular complexity index is 454. The molecule has 0 saturated carbocycles. The van der Waals surface area contributed by atoms with Crippen LogP contribution in [0.4, 0.5) is 0 Å². The Balaban J connectivity index is 0.00000144. The summed E-state index contributed by atoms with van der Waals surface area (Å²) in [6, 6.07) is 10.4. The van der Waals surface area contributed by atoms with E-state index in [4.69, 9.17) is 5.11 Å². The summed E-state index contributed by atoms with van der Waals surface area (Å²) < 4.78 is 4.24. The Kier molecular flexibility index (Phi) is 5.38. The molecular formula is C13H17BrN2O. The zero-order valence-electron chi connectivity index (χ0n) is 9.88. The zero-order chi connectivity index (χ0) is 11.4. The highest BCUT2D eigenvalue weighted by Gasteiger charge is 2.11. The van der Waals surface area contributed by atoms with E-state index < -0.39 is 0 Å². The molecule has 0 aliphatic heterocycles. The Morgan fingerprint density at radius 2 is 1.94 bits per heavy atom. The fraction of sp³-hybridized carbons (Fsp3) is 0.308. The molecule has 1 N–H and O–H groups in total. The van der Waals surface area contributed by atoms with Crippen LogP contribution in [-0.2, 0) is 13.1 Å². The molecule has 1 aromatic carbocycles. The summed E-state index contributed by atoms with van der Waals surface area (Å²) in [5, 5.41) is 8.91. The molecule has 0 unspecified atom stereocenters. The van der Waals surface area contributed by atoms with E-state index in [9.17, 15) is 0 Å². The van der Waals surface area contributed by atoms with Crippen molar-refractivity contribution >= 4 is 0 Å². The van der Waals surface area contributed by atoms with Crippen molar-refractivity contribution in [3.05, 3.63) is 54.1 Å². The largest absolute Gasteiger partial charge is 1.00 e. The number of imidazole rings is 1. The zero-order valence-corrected chi connectivity index (χ0v) is 11.5. The van der Waals surface area contributed by atoms with Gasteiger partial charge in [-0.2, -0.15) is 0 Å². The van der Waals surface area contributed by atoms with Crippen LogP contribution < -0.4 is 21.5 Å². The second kappa shape index (κ2) is 6.57. The van der Waals surface area contributed by atoms with Gasteiger partial charge in [-0.1, -0.05) is 30.3 Å². The molecule has 17 heavy (non-hydrogen) atoms. The average Bonchev–Trinajstić information content (AvgIpc) is 2.64. The Labute approximate surface area is 112 Å². The fourth-order valence-corrected chi connectivity index (χ4v) is 1.83. The second-order valence-electron chi connectivity index (χ2n) is 3.88. The predicted molar refractivity (Wildman–Crippen MR) is 62.0 cm³/mol. The summed E-state index contributed by atoms with van der Waals surface area (Å²) in [6.45, 7) is 3.79. The van der Waals surface area contributed by atoms with Gasteiger partial charge < -0.3 is 22.1 Å². The first kappa shape index (κ1) is 13.9. The average molecular weight is 297 g/mol. The lowest BCUT2D eigenvalue weighted by atomic mass is 10.2. The highest BCUT2D eigenvalue weighted by Crippen LogP contribution is 2.00. The first-order chi connectivity index (χ1) is 7.81. The first-order valence-electron chi connectivity index (χ1n) is 5.51. The summed E-state index contributed by atoms with van der Waals surface area (Å²) in [7, 11) is 0. The molecule has 0 fully saturated rings. The molecule has 1 aromatic heterocycles. The number of halogens is 1. The molecule has 0 atom stereocenters. The molecule has 3 nitrogen and oxygen atoms in total. The Hall–Kier alpha value is -1.13. The molecule has 2 rings (SSSR count). The van der Waals surface area contributed by atoms with Gasteiger partial charge in [0.05, 0.1) is 6.61 Å². The maximum atomic E-state index is 8.91. The molecule has 0 saturated heterocycles. The lowest BCUT2D eigenvalue weighted by Crippen LogP contribution is -3.00. The van der Waals surface area contributed by atoms with Crippen LogP contribution in [0.2, 0.25) is 0 Å². The number of hydrogen-bond acceptors (Lipinski definition) is 1. The molecule has 0 aliphatic carbocycles. The van der Waals surface area contributed by atoms with E-state index in [-0.39, 0.29) is 23.6 Å². The number of aliphatic hydroxyl groups excluding tert-OH is 1. The number of nitrogens with zero attached hydrogens (tertiary/aromatic N) is 2. The maximum Gasteiger partial charge on any atom is 0.253 e. The van der Waals surface area contributed by atoms with Crippen molar-refractivity contribution in [3.63, 3.8) is 0 Å². The number of aromatic nitrogens is 2. The van der Waals surface area contributed by atoms with Crippen molar-refractivity contribution in [2.24, 2.45) is 0 Å². The van der Waals surface area contributed by atoms with Gasteiger partial charge >= 0.3 is 0 Å². The Morgan fingerprint density at radius 1 is 1.24 bits per heavy atom. The van der Waals surface area contributed by atoms with Gasteiger partial charge in [0.2, 0.25) is 0 Å². The minimum atomic E-state index is 0. The van der Waals surface area contributed by atoms with Crippen molar-refractivity contribution < 1.29 is 26.7 Å². The van der Waals surface area contributed by atoms with E-state index in [0.717, 1.165) is 12.4 Å². The molecule has 0 amide bonds. The fourth-order valence-electron chi connectivity index (χ4n) is 1.83. The van der Waals surface area contributed by atoms with Crippen LogP contribution in [0.3, 0.4) is 0 Å². The summed E-state index contributed by atoms with van der Waals surface area (Å²) in [4.78, 5) is 0. The normalized spacial score (nSPS) is 10.0. The third-order valence-corrected chi connectivity index (χ3v) is 2.79. The summed E-state index contributed by atoms with van der Waals surface area (Å²) in [5.41, 5.74) is 1.29. The number of benzene rings is 1. The van der Waals surface area contributed by atoms with Gasteiger partial charge in [0.25, 0.3) is 5.82 Å². The van der Waals surface area contributed by atoms with E-state index in [1.807, 2.05) is 12.3 Å². The molecule has 2 aromatic rings. The predicted octanol–water partition coefficient (Wildman–Crippen LogP) is -1.87. The minimum absolute atomic E-state index is 0. The van der Waals surface area contributed by atoms with Crippen LogP contribution in [0, 0.1) is 6.92 Å². The van der Waals surface area contributed by atoms with Crippen molar-refractivity contribution in [2.45, 2.75) is 20.0 Å². The van der Waals surface area contributed by atoms with Crippen LogP contribution in [0.15, 0.2) is 42.7 Å². The van der Waals surface area contributed by atoms with Crippen molar-refractivity contribution in [1.82, 2.24) is 4.57 Å². The molecule has 0 aliphatic rings. The van der Waals surface area contributed by atoms with Crippen LogP contribution in [0.1, 0.15) is 11.4 Å². The van der Waals surface area contributed by atoms with Crippen LogP contribution in [-0.4, -0.2) is 16.3 Å². The van der Waals surface area contributed by atoms with E-state index in [1.54, 1.807) is 0 Å². The quantitative estimate of drug-likeness (QED) is 0.658. The first-order valence-corrected chi connectivity index (χ1v) is 5.51. The van der Waals surface area contributed by atoms with E-state index in [1.165, 1.54) is 5.56 Å². The summed E-state index contributed by atoms with van der Waals surface area (Å²) in [6.07, 6.45) is 4.06. The molecular weight excluding hydrogens is 280 g/mol. The summed E-state index contributed by atoms with van der Waals surface area (Å²) >= 11 is 0. The van der Waals surface area contributed by atoms with Crippen molar-refractivity contribution in [1.29, 1.82) is 0 Å². The van der Waals surface area contributed by atoms with Crippen LogP contribution >= 0.6 is 0 Å². The number of aliphatic hydroxyl groups is 1. The van der Waals surface area contributed by atoms with Crippen molar-refractivity contribution in [3.8, 4) is 0 Å². The standard InChI is InChI=1S/C13H17N2O.BrH/c1-12-14(9-10-16)7-8-15(12)11-13-5-3-2-4-6-13;/h2-8,16H,9-11H2,1H3;1H/q+1;/p-1. The highest BCUT2D eigenvalue weighted by molar-refractivity contribution is 5.13. The second-order valence-corrected chi connectivity index (χ2v) is 3.88. The van der Waals surface area contributed by atoms with E-state index >= 15 is 0 Å². The molecule has 92 valence electrons. The van der Waals surface area contributed by atoms with E-state index in [0.29, 0.717) is 6.54 Å². The Morgan fingerprint density at radius 3 is 2.59 bits per heavy atom.